The zero-order valence-electron chi connectivity index (χ0n) is 16.1. The Morgan fingerprint density at radius 1 is 1.09 bits per heavy atom. The number of pyridine rings is 1. The van der Waals surface area contributed by atoms with Crippen LogP contribution in [0.1, 0.15) is 34.3 Å². The lowest BCUT2D eigenvalue weighted by Gasteiger charge is -2.19. The third kappa shape index (κ3) is 4.61. The van der Waals surface area contributed by atoms with Gasteiger partial charge < -0.3 is 9.15 Å². The van der Waals surface area contributed by atoms with E-state index in [0.717, 1.165) is 5.56 Å². The fraction of sp³-hybridized carbons (Fsp3) is 0.143. The van der Waals surface area contributed by atoms with Crippen molar-refractivity contribution in [2.75, 3.05) is 6.61 Å². The lowest BCUT2D eigenvalue weighted by atomic mass is 10.0. The fourth-order valence-electron chi connectivity index (χ4n) is 3.11. The minimum absolute atomic E-state index is 0.0313. The van der Waals surface area contributed by atoms with Crippen molar-refractivity contribution in [3.8, 4) is 0 Å². The number of aromatic nitrogens is 1. The van der Waals surface area contributed by atoms with Crippen molar-refractivity contribution in [2.24, 2.45) is 5.10 Å². The first-order valence-corrected chi connectivity index (χ1v) is 10.7. The van der Waals surface area contributed by atoms with Gasteiger partial charge in [-0.2, -0.15) is 5.10 Å². The van der Waals surface area contributed by atoms with Crippen molar-refractivity contribution < 1.29 is 18.7 Å². The summed E-state index contributed by atoms with van der Waals surface area (Å²) in [6.07, 6.45) is 3.09. The van der Waals surface area contributed by atoms with Gasteiger partial charge in [-0.05, 0) is 29.8 Å². The summed E-state index contributed by atoms with van der Waals surface area (Å²) in [6.45, 7) is -0.592. The minimum atomic E-state index is -0.919. The smallest absolute Gasteiger partial charge is 0.359 e. The summed E-state index contributed by atoms with van der Waals surface area (Å²) < 4.78 is 10.6. The summed E-state index contributed by atoms with van der Waals surface area (Å²) in [7, 11) is 0. The summed E-state index contributed by atoms with van der Waals surface area (Å²) in [5.74, 6) is -0.927. The van der Waals surface area contributed by atoms with Gasteiger partial charge in [0.2, 0.25) is 0 Å². The van der Waals surface area contributed by atoms with Crippen LogP contribution in [0.25, 0.3) is 0 Å². The van der Waals surface area contributed by atoms with Crippen LogP contribution < -0.4 is 0 Å². The van der Waals surface area contributed by atoms with E-state index < -0.39 is 24.5 Å². The van der Waals surface area contributed by atoms with Gasteiger partial charge in [-0.15, -0.1) is 0 Å². The first-order valence-electron chi connectivity index (χ1n) is 9.20. The van der Waals surface area contributed by atoms with Gasteiger partial charge in [-0.1, -0.05) is 58.5 Å². The average Bonchev–Trinajstić information content (AvgIpc) is 3.46. The largest absolute Gasteiger partial charge is 0.467 e. The van der Waals surface area contributed by atoms with E-state index in [-0.39, 0.29) is 20.8 Å². The van der Waals surface area contributed by atoms with Crippen LogP contribution in [0.2, 0.25) is 20.1 Å². The van der Waals surface area contributed by atoms with Crippen molar-refractivity contribution in [3.05, 3.63) is 86.0 Å². The molecule has 4 rings (SSSR count). The van der Waals surface area contributed by atoms with Gasteiger partial charge in [-0.25, -0.2) is 14.8 Å². The zero-order valence-corrected chi connectivity index (χ0v) is 19.1. The van der Waals surface area contributed by atoms with E-state index in [1.807, 2.05) is 12.1 Å². The molecule has 0 saturated heterocycles. The van der Waals surface area contributed by atoms with Crippen molar-refractivity contribution in [1.82, 2.24) is 9.99 Å². The number of amides is 1. The third-order valence-corrected chi connectivity index (χ3v) is 6.14. The quantitative estimate of drug-likeness (QED) is 0.402. The maximum Gasteiger partial charge on any atom is 0.359 e. The molecule has 0 saturated carbocycles. The molecule has 11 heteroatoms. The highest BCUT2D eigenvalue weighted by Gasteiger charge is 2.35. The van der Waals surface area contributed by atoms with Gasteiger partial charge in [0.1, 0.15) is 11.8 Å². The number of furan rings is 1. The molecule has 7 nitrogen and oxygen atoms in total. The van der Waals surface area contributed by atoms with Crippen LogP contribution in [0.3, 0.4) is 0 Å². The van der Waals surface area contributed by atoms with E-state index in [1.54, 1.807) is 24.3 Å². The van der Waals surface area contributed by atoms with Crippen molar-refractivity contribution in [3.63, 3.8) is 0 Å². The Labute approximate surface area is 202 Å². The van der Waals surface area contributed by atoms with Crippen molar-refractivity contribution >= 4 is 64.0 Å². The lowest BCUT2D eigenvalue weighted by Crippen LogP contribution is -2.31. The standard InChI is InChI=1S/C21H13Cl4N3O4/c22-12-5-3-11(4-6-12)14-8-15(16-2-1-7-31-16)28(27-14)17(29)10-32-21(30)20-19(25)18(24)13(23)9-26-20/h1-7,9,15H,8,10H2. The minimum Gasteiger partial charge on any atom is -0.467 e. The molecule has 32 heavy (non-hydrogen) atoms. The van der Waals surface area contributed by atoms with E-state index in [2.05, 4.69) is 10.1 Å². The summed E-state index contributed by atoms with van der Waals surface area (Å²) >= 11 is 23.7. The number of hydrogen-bond acceptors (Lipinski definition) is 6. The molecule has 3 heterocycles. The van der Waals surface area contributed by atoms with E-state index >= 15 is 0 Å². The molecule has 0 bridgehead atoms. The lowest BCUT2D eigenvalue weighted by molar-refractivity contribution is -0.136. The van der Waals surface area contributed by atoms with Gasteiger partial charge in [0.25, 0.3) is 5.91 Å². The number of halogens is 4. The molecule has 0 spiro atoms. The summed E-state index contributed by atoms with van der Waals surface area (Å²) in [6, 6.07) is 10.1. The molecular weight excluding hydrogens is 500 g/mol. The second-order valence-electron chi connectivity index (χ2n) is 6.69. The maximum atomic E-state index is 12.9. The monoisotopic (exact) mass is 511 g/mol. The van der Waals surface area contributed by atoms with Crippen LogP contribution in [-0.2, 0) is 9.53 Å². The number of carbonyl (C=O) groups is 2. The first-order chi connectivity index (χ1) is 15.3. The molecule has 0 radical (unpaired) electrons. The Balaban J connectivity index is 1.52. The Kier molecular flexibility index (Phi) is 6.71. The van der Waals surface area contributed by atoms with Crippen molar-refractivity contribution in [2.45, 2.75) is 12.5 Å². The topological polar surface area (TPSA) is 85.0 Å². The fourth-order valence-corrected chi connectivity index (χ4v) is 3.79. The first kappa shape index (κ1) is 22.6. The molecule has 1 atom stereocenters. The van der Waals surface area contributed by atoms with Gasteiger partial charge in [0, 0.05) is 17.6 Å². The van der Waals surface area contributed by atoms with Gasteiger partial charge in [0.15, 0.2) is 12.3 Å². The molecule has 1 unspecified atom stereocenters. The van der Waals surface area contributed by atoms with Crippen LogP contribution in [0, 0.1) is 0 Å². The van der Waals surface area contributed by atoms with Crippen molar-refractivity contribution in [1.29, 1.82) is 0 Å². The van der Waals surface area contributed by atoms with E-state index in [0.29, 0.717) is 22.9 Å². The maximum absolute atomic E-state index is 12.9. The molecule has 2 aromatic heterocycles. The number of hydrogen-bond donors (Lipinski definition) is 0. The number of carbonyl (C=O) groups excluding carboxylic acids is 2. The molecule has 3 aromatic rings. The van der Waals surface area contributed by atoms with Gasteiger partial charge >= 0.3 is 5.97 Å². The second kappa shape index (κ2) is 9.50. The van der Waals surface area contributed by atoms with Crippen LogP contribution in [0.15, 0.2) is 58.4 Å². The van der Waals surface area contributed by atoms with Gasteiger partial charge in [-0.3, -0.25) is 4.79 Å². The summed E-state index contributed by atoms with van der Waals surface area (Å²) in [5.41, 5.74) is 1.23. The highest BCUT2D eigenvalue weighted by atomic mass is 35.5. The summed E-state index contributed by atoms with van der Waals surface area (Å²) in [4.78, 5) is 29.1. The molecule has 0 fully saturated rings. The van der Waals surface area contributed by atoms with E-state index in [4.69, 9.17) is 55.6 Å². The number of ether oxygens (including phenoxy) is 1. The number of hydrazone groups is 1. The molecule has 0 N–H and O–H groups in total. The average molecular weight is 513 g/mol. The third-order valence-electron chi connectivity index (χ3n) is 4.65. The highest BCUT2D eigenvalue weighted by molar-refractivity contribution is 6.48. The number of rotatable bonds is 5. The number of esters is 1. The Bertz CT molecular complexity index is 1200. The zero-order chi connectivity index (χ0) is 22.8. The predicted molar refractivity (Wildman–Crippen MR) is 120 cm³/mol. The molecule has 1 aliphatic rings. The Morgan fingerprint density at radius 2 is 1.84 bits per heavy atom. The number of nitrogens with zero attached hydrogens (tertiary/aromatic N) is 3. The molecule has 1 aliphatic heterocycles. The van der Waals surface area contributed by atoms with Crippen LogP contribution >= 0.6 is 46.4 Å². The molecule has 0 aliphatic carbocycles. The molecular formula is C21H13Cl4N3O4. The normalized spacial score (nSPS) is 15.6. The van der Waals surface area contributed by atoms with Crippen LogP contribution in [0.5, 0.6) is 0 Å². The van der Waals surface area contributed by atoms with Crippen LogP contribution in [-0.4, -0.2) is 34.2 Å². The summed E-state index contributed by atoms with van der Waals surface area (Å²) in [5, 5.41) is 6.17. The second-order valence-corrected chi connectivity index (χ2v) is 8.29. The Morgan fingerprint density at radius 3 is 2.53 bits per heavy atom. The SMILES string of the molecule is O=C(OCC(=O)N1N=C(c2ccc(Cl)cc2)CC1c1ccco1)c1ncc(Cl)c(Cl)c1Cl. The van der Waals surface area contributed by atoms with Gasteiger partial charge in [0.05, 0.1) is 27.0 Å². The molecule has 1 aromatic carbocycles. The molecule has 164 valence electrons. The Hall–Kier alpha value is -2.58. The molecule has 1 amide bonds. The van der Waals surface area contributed by atoms with E-state index in [9.17, 15) is 9.59 Å². The van der Waals surface area contributed by atoms with E-state index in [1.165, 1.54) is 17.5 Å². The number of benzene rings is 1. The van der Waals surface area contributed by atoms with Crippen LogP contribution in [0.4, 0.5) is 0 Å². The highest BCUT2D eigenvalue weighted by Crippen LogP contribution is 2.34. The predicted octanol–water partition coefficient (Wildman–Crippen LogP) is 5.82.